The van der Waals surface area contributed by atoms with Crippen LogP contribution in [0.25, 0.3) is 0 Å². The van der Waals surface area contributed by atoms with Crippen LogP contribution in [0.1, 0.15) is 31.1 Å². The highest BCUT2D eigenvalue weighted by molar-refractivity contribution is 5.75. The van der Waals surface area contributed by atoms with Crippen LogP contribution in [0.4, 0.5) is 18.0 Å². The number of urea groups is 1. The van der Waals surface area contributed by atoms with Gasteiger partial charge in [-0.2, -0.15) is 18.3 Å². The van der Waals surface area contributed by atoms with E-state index < -0.39 is 12.7 Å². The molecule has 1 fully saturated rings. The Morgan fingerprint density at radius 1 is 1.46 bits per heavy atom. The predicted molar refractivity (Wildman–Crippen MR) is 83.6 cm³/mol. The molecule has 1 saturated heterocycles. The summed E-state index contributed by atoms with van der Waals surface area (Å²) in [4.78, 5) is 15.3. The van der Waals surface area contributed by atoms with Gasteiger partial charge in [-0.1, -0.05) is 0 Å². The third-order valence-electron chi connectivity index (χ3n) is 4.29. The molecule has 2 rings (SSSR count). The minimum Gasteiger partial charge on any atom is -0.331 e. The summed E-state index contributed by atoms with van der Waals surface area (Å²) in [6.07, 6.45) is -2.37. The van der Waals surface area contributed by atoms with Gasteiger partial charge in [0.15, 0.2) is 0 Å². The summed E-state index contributed by atoms with van der Waals surface area (Å²) in [5.41, 5.74) is 1.77. The number of carbonyl (C=O) groups excluding carboxylic acids is 1. The molecule has 0 aliphatic carbocycles. The molecule has 136 valence electrons. The van der Waals surface area contributed by atoms with E-state index in [2.05, 4.69) is 10.4 Å². The van der Waals surface area contributed by atoms with E-state index in [1.807, 2.05) is 27.1 Å². The first-order valence-electron chi connectivity index (χ1n) is 7.93. The number of alkyl halides is 3. The summed E-state index contributed by atoms with van der Waals surface area (Å²) in [7, 11) is 1.81. The van der Waals surface area contributed by atoms with Gasteiger partial charge in [0, 0.05) is 44.5 Å². The van der Waals surface area contributed by atoms with Crippen molar-refractivity contribution in [2.24, 2.45) is 7.05 Å². The number of halogens is 3. The molecule has 24 heavy (non-hydrogen) atoms. The van der Waals surface area contributed by atoms with E-state index in [1.54, 1.807) is 16.5 Å². The van der Waals surface area contributed by atoms with Crippen LogP contribution in [0.2, 0.25) is 0 Å². The van der Waals surface area contributed by atoms with Crippen LogP contribution >= 0.6 is 0 Å². The first-order chi connectivity index (χ1) is 11.1. The van der Waals surface area contributed by atoms with Crippen molar-refractivity contribution in [3.63, 3.8) is 0 Å². The third kappa shape index (κ3) is 4.62. The lowest BCUT2D eigenvalue weighted by Crippen LogP contribution is -2.57. The minimum absolute atomic E-state index is 0.213. The van der Waals surface area contributed by atoms with Crippen molar-refractivity contribution in [3.05, 3.63) is 17.5 Å². The second-order valence-corrected chi connectivity index (χ2v) is 6.40. The Balaban J connectivity index is 1.91. The molecule has 0 radical (unpaired) electrons. The Kier molecular flexibility index (Phi) is 5.42. The van der Waals surface area contributed by atoms with Crippen molar-refractivity contribution in [2.45, 2.75) is 39.0 Å². The normalized spacial score (nSPS) is 21.0. The van der Waals surface area contributed by atoms with Crippen LogP contribution in [0.5, 0.6) is 0 Å². The Bertz CT molecular complexity index is 586. The van der Waals surface area contributed by atoms with Gasteiger partial charge in [0.1, 0.15) is 0 Å². The van der Waals surface area contributed by atoms with Crippen molar-refractivity contribution in [2.75, 3.05) is 26.2 Å². The van der Waals surface area contributed by atoms with Gasteiger partial charge >= 0.3 is 12.2 Å². The third-order valence-corrected chi connectivity index (χ3v) is 4.29. The zero-order valence-electron chi connectivity index (χ0n) is 14.4. The molecule has 9 heteroatoms. The quantitative estimate of drug-likeness (QED) is 0.911. The fourth-order valence-corrected chi connectivity index (χ4v) is 3.04. The Hall–Kier alpha value is -1.77. The van der Waals surface area contributed by atoms with Gasteiger partial charge in [0.2, 0.25) is 0 Å². The van der Waals surface area contributed by atoms with Gasteiger partial charge in [-0.25, -0.2) is 4.79 Å². The van der Waals surface area contributed by atoms with Crippen LogP contribution in [0.15, 0.2) is 6.20 Å². The van der Waals surface area contributed by atoms with E-state index >= 15 is 0 Å². The van der Waals surface area contributed by atoms with E-state index in [4.69, 9.17) is 0 Å². The van der Waals surface area contributed by atoms with Gasteiger partial charge in [-0.3, -0.25) is 9.58 Å². The fourth-order valence-electron chi connectivity index (χ4n) is 3.04. The average Bonchev–Trinajstić information content (AvgIpc) is 2.78. The molecular weight excluding hydrogens is 323 g/mol. The molecular formula is C15H24F3N5O. The maximum atomic E-state index is 12.5. The monoisotopic (exact) mass is 347 g/mol. The summed E-state index contributed by atoms with van der Waals surface area (Å²) in [5.74, 6) is 0. The van der Waals surface area contributed by atoms with Crippen LogP contribution in [0.3, 0.4) is 0 Å². The smallest absolute Gasteiger partial charge is 0.331 e. The molecule has 0 aromatic carbocycles. The highest BCUT2D eigenvalue weighted by atomic mass is 19.4. The van der Waals surface area contributed by atoms with Crippen LogP contribution in [-0.4, -0.2) is 64.0 Å². The lowest BCUT2D eigenvalue weighted by atomic mass is 10.1. The summed E-state index contributed by atoms with van der Waals surface area (Å²) < 4.78 is 39.3. The van der Waals surface area contributed by atoms with E-state index in [0.717, 1.165) is 11.3 Å². The molecule has 6 nitrogen and oxygen atoms in total. The molecule has 2 heterocycles. The van der Waals surface area contributed by atoms with Crippen molar-refractivity contribution < 1.29 is 18.0 Å². The molecule has 0 unspecified atom stereocenters. The largest absolute Gasteiger partial charge is 0.401 e. The SMILES string of the molecule is Cc1nn(C)cc1[C@@H](C)NC(=O)N1CCN(CC(F)(F)F)[C@H](C)C1. The highest BCUT2D eigenvalue weighted by Gasteiger charge is 2.36. The first-order valence-corrected chi connectivity index (χ1v) is 7.93. The van der Waals surface area contributed by atoms with Crippen molar-refractivity contribution in [3.8, 4) is 0 Å². The fraction of sp³-hybridized carbons (Fsp3) is 0.733. The number of hydrogen-bond acceptors (Lipinski definition) is 3. The summed E-state index contributed by atoms with van der Waals surface area (Å²) in [5, 5.41) is 7.14. The standard InChI is InChI=1S/C15H24F3N5O/c1-10-7-22(5-6-23(10)9-15(16,17)18)14(24)19-11(2)13-8-21(4)20-12(13)3/h8,10-11H,5-7,9H2,1-4H3,(H,19,24)/t10-,11-/m1/s1. The van der Waals surface area contributed by atoms with Gasteiger partial charge in [-0.15, -0.1) is 0 Å². The Morgan fingerprint density at radius 3 is 2.62 bits per heavy atom. The van der Waals surface area contributed by atoms with Crippen molar-refractivity contribution in [1.29, 1.82) is 0 Å². The first kappa shape index (κ1) is 18.6. The zero-order valence-corrected chi connectivity index (χ0v) is 14.4. The van der Waals surface area contributed by atoms with Crippen LogP contribution in [0, 0.1) is 6.92 Å². The van der Waals surface area contributed by atoms with Crippen molar-refractivity contribution >= 4 is 6.03 Å². The number of hydrogen-bond donors (Lipinski definition) is 1. The summed E-state index contributed by atoms with van der Waals surface area (Å²) >= 11 is 0. The van der Waals surface area contributed by atoms with Gasteiger partial charge in [0.25, 0.3) is 0 Å². The summed E-state index contributed by atoms with van der Waals surface area (Å²) in [6.45, 7) is 5.29. The van der Waals surface area contributed by atoms with Crippen molar-refractivity contribution in [1.82, 2.24) is 24.9 Å². The maximum Gasteiger partial charge on any atom is 0.401 e. The van der Waals surface area contributed by atoms with Gasteiger partial charge < -0.3 is 10.2 Å². The van der Waals surface area contributed by atoms with E-state index in [1.165, 1.54) is 4.90 Å². The number of piperazine rings is 1. The zero-order chi connectivity index (χ0) is 18.1. The number of amides is 2. The van der Waals surface area contributed by atoms with E-state index in [-0.39, 0.29) is 37.7 Å². The second-order valence-electron chi connectivity index (χ2n) is 6.40. The molecule has 1 aliphatic heterocycles. The number of carbonyl (C=O) groups is 1. The lowest BCUT2D eigenvalue weighted by molar-refractivity contribution is -0.153. The van der Waals surface area contributed by atoms with Gasteiger partial charge in [0.05, 0.1) is 18.3 Å². The molecule has 0 bridgehead atoms. The molecule has 1 aromatic heterocycles. The van der Waals surface area contributed by atoms with Crippen LogP contribution in [-0.2, 0) is 7.05 Å². The average molecular weight is 347 g/mol. The predicted octanol–water partition coefficient (Wildman–Crippen LogP) is 2.07. The number of nitrogens with zero attached hydrogens (tertiary/aromatic N) is 4. The maximum absolute atomic E-state index is 12.5. The number of rotatable bonds is 3. The molecule has 2 amide bonds. The van der Waals surface area contributed by atoms with Gasteiger partial charge in [-0.05, 0) is 20.8 Å². The molecule has 0 spiro atoms. The summed E-state index contributed by atoms with van der Waals surface area (Å²) in [6, 6.07) is -0.805. The Labute approximate surface area is 139 Å². The number of aromatic nitrogens is 2. The molecule has 1 aromatic rings. The van der Waals surface area contributed by atoms with E-state index in [0.29, 0.717) is 0 Å². The van der Waals surface area contributed by atoms with E-state index in [9.17, 15) is 18.0 Å². The lowest BCUT2D eigenvalue weighted by Gasteiger charge is -2.40. The second kappa shape index (κ2) is 7.00. The molecule has 0 saturated carbocycles. The molecule has 2 atom stereocenters. The molecule has 1 aliphatic rings. The Morgan fingerprint density at radius 2 is 2.12 bits per heavy atom. The molecule has 1 N–H and O–H groups in total. The minimum atomic E-state index is -4.22. The highest BCUT2D eigenvalue weighted by Crippen LogP contribution is 2.21. The topological polar surface area (TPSA) is 53.4 Å². The van der Waals surface area contributed by atoms with Crippen LogP contribution < -0.4 is 5.32 Å². The number of aryl methyl sites for hydroxylation is 2. The number of nitrogens with one attached hydrogen (secondary N) is 1.